The van der Waals surface area contributed by atoms with E-state index in [0.29, 0.717) is 24.6 Å². The van der Waals surface area contributed by atoms with Crippen LogP contribution in [-0.2, 0) is 4.74 Å². The summed E-state index contributed by atoms with van der Waals surface area (Å²) in [6.45, 7) is 4.56. The molecule has 0 aromatic carbocycles. The van der Waals surface area contributed by atoms with Crippen LogP contribution in [0.1, 0.15) is 40.6 Å². The number of piperidine rings is 1. The third-order valence-electron chi connectivity index (χ3n) is 3.78. The number of carbonyl (C=O) groups is 2. The minimum absolute atomic E-state index is 0.0279. The van der Waals surface area contributed by atoms with E-state index in [2.05, 4.69) is 17.2 Å². The van der Waals surface area contributed by atoms with Gasteiger partial charge in [0.05, 0.1) is 6.61 Å². The second-order valence-corrected chi connectivity index (χ2v) is 5.68. The number of nitrogens with one attached hydrogen (secondary N) is 1. The minimum atomic E-state index is -0.293. The Morgan fingerprint density at radius 2 is 2.32 bits per heavy atom. The first kappa shape index (κ1) is 16.4. The number of rotatable bonds is 5. The van der Waals surface area contributed by atoms with Crippen LogP contribution in [-0.4, -0.2) is 55.0 Å². The fourth-order valence-corrected chi connectivity index (χ4v) is 2.60. The van der Waals surface area contributed by atoms with E-state index in [4.69, 9.17) is 4.74 Å². The third kappa shape index (κ3) is 4.27. The molecule has 22 heavy (non-hydrogen) atoms. The van der Waals surface area contributed by atoms with Crippen molar-refractivity contribution >= 4 is 11.8 Å². The van der Waals surface area contributed by atoms with Gasteiger partial charge in [-0.25, -0.2) is 0 Å². The molecule has 2 rings (SSSR count). The van der Waals surface area contributed by atoms with Crippen LogP contribution in [0.4, 0.5) is 0 Å². The van der Waals surface area contributed by atoms with Crippen LogP contribution < -0.4 is 5.32 Å². The van der Waals surface area contributed by atoms with Crippen molar-refractivity contribution in [1.82, 2.24) is 15.2 Å². The van der Waals surface area contributed by atoms with Gasteiger partial charge >= 0.3 is 0 Å². The van der Waals surface area contributed by atoms with Gasteiger partial charge in [-0.2, -0.15) is 0 Å². The van der Waals surface area contributed by atoms with Gasteiger partial charge in [0.25, 0.3) is 11.8 Å². The average Bonchev–Trinajstić information content (AvgIpc) is 2.54. The van der Waals surface area contributed by atoms with Gasteiger partial charge < -0.3 is 15.0 Å². The quantitative estimate of drug-likeness (QED) is 0.833. The summed E-state index contributed by atoms with van der Waals surface area (Å²) in [4.78, 5) is 30.4. The molecule has 1 unspecified atom stereocenters. The number of nitrogens with zero attached hydrogens (tertiary/aromatic N) is 2. The van der Waals surface area contributed by atoms with Crippen molar-refractivity contribution in [2.45, 2.75) is 19.8 Å². The van der Waals surface area contributed by atoms with E-state index in [1.54, 1.807) is 19.2 Å². The molecule has 2 amide bonds. The normalized spacial score (nSPS) is 18.1. The molecule has 0 radical (unpaired) electrons. The maximum atomic E-state index is 12.5. The second kappa shape index (κ2) is 7.89. The topological polar surface area (TPSA) is 71.5 Å². The number of hydrogen-bond acceptors (Lipinski definition) is 4. The fraction of sp³-hybridized carbons (Fsp3) is 0.562. The molecule has 1 saturated heterocycles. The van der Waals surface area contributed by atoms with E-state index in [1.165, 1.54) is 6.20 Å². The second-order valence-electron chi connectivity index (χ2n) is 5.68. The lowest BCUT2D eigenvalue weighted by molar-refractivity contribution is 0.0683. The predicted octanol–water partition coefficient (Wildman–Crippen LogP) is 1.33. The Morgan fingerprint density at radius 3 is 3.05 bits per heavy atom. The van der Waals surface area contributed by atoms with Crippen LogP contribution in [0.15, 0.2) is 18.3 Å². The third-order valence-corrected chi connectivity index (χ3v) is 3.78. The van der Waals surface area contributed by atoms with Crippen LogP contribution in [0, 0.1) is 5.92 Å². The summed E-state index contributed by atoms with van der Waals surface area (Å²) < 4.78 is 4.88. The Balaban J connectivity index is 2.04. The van der Waals surface area contributed by atoms with Crippen LogP contribution in [0.25, 0.3) is 0 Å². The molecule has 0 aliphatic carbocycles. The zero-order valence-electron chi connectivity index (χ0n) is 13.2. The van der Waals surface area contributed by atoms with Crippen LogP contribution in [0.3, 0.4) is 0 Å². The summed E-state index contributed by atoms with van der Waals surface area (Å²) in [5.41, 5.74) is 0.771. The maximum absolute atomic E-state index is 12.5. The molecule has 1 aromatic heterocycles. The molecule has 1 aromatic rings. The van der Waals surface area contributed by atoms with E-state index in [1.807, 2.05) is 4.90 Å². The van der Waals surface area contributed by atoms with Gasteiger partial charge in [-0.15, -0.1) is 0 Å². The molecule has 1 aliphatic rings. The molecule has 0 spiro atoms. The SMILES string of the molecule is COCCNC(=O)c1cc(C(=O)N2CCCC(C)C2)ccn1. The molecule has 1 N–H and O–H groups in total. The maximum Gasteiger partial charge on any atom is 0.269 e. The number of ether oxygens (including phenoxy) is 1. The number of aromatic nitrogens is 1. The summed E-state index contributed by atoms with van der Waals surface area (Å²) in [7, 11) is 1.57. The standard InChI is InChI=1S/C16H23N3O3/c1-12-4-3-8-19(11-12)16(21)13-5-6-17-14(10-13)15(20)18-7-9-22-2/h5-6,10,12H,3-4,7-9,11H2,1-2H3,(H,18,20). The fourth-order valence-electron chi connectivity index (χ4n) is 2.60. The molecule has 6 heteroatoms. The molecular weight excluding hydrogens is 282 g/mol. The van der Waals surface area contributed by atoms with E-state index in [-0.39, 0.29) is 17.5 Å². The van der Waals surface area contributed by atoms with Crippen LogP contribution >= 0.6 is 0 Å². The number of carbonyl (C=O) groups excluding carboxylic acids is 2. The van der Waals surface area contributed by atoms with E-state index in [9.17, 15) is 9.59 Å². The van der Waals surface area contributed by atoms with Crippen molar-refractivity contribution in [3.63, 3.8) is 0 Å². The highest BCUT2D eigenvalue weighted by atomic mass is 16.5. The highest BCUT2D eigenvalue weighted by molar-refractivity contribution is 5.98. The van der Waals surface area contributed by atoms with Gasteiger partial charge in [-0.1, -0.05) is 6.92 Å². The van der Waals surface area contributed by atoms with E-state index >= 15 is 0 Å². The first-order valence-electron chi connectivity index (χ1n) is 7.64. The van der Waals surface area contributed by atoms with Crippen molar-refractivity contribution in [1.29, 1.82) is 0 Å². The van der Waals surface area contributed by atoms with Crippen molar-refractivity contribution in [2.24, 2.45) is 5.92 Å². The first-order chi connectivity index (χ1) is 10.6. The monoisotopic (exact) mass is 305 g/mol. The predicted molar refractivity (Wildman–Crippen MR) is 82.7 cm³/mol. The average molecular weight is 305 g/mol. The molecule has 1 aliphatic heterocycles. The van der Waals surface area contributed by atoms with Crippen LogP contribution in [0.2, 0.25) is 0 Å². The lowest BCUT2D eigenvalue weighted by atomic mass is 9.99. The van der Waals surface area contributed by atoms with Gasteiger partial charge in [-0.05, 0) is 30.9 Å². The Hall–Kier alpha value is -1.95. The first-order valence-corrected chi connectivity index (χ1v) is 7.64. The number of likely N-dealkylation sites (tertiary alicyclic amines) is 1. The summed E-state index contributed by atoms with van der Waals surface area (Å²) in [5, 5.41) is 2.70. The van der Waals surface area contributed by atoms with Gasteiger partial charge in [0.15, 0.2) is 0 Å². The molecule has 2 heterocycles. The molecule has 120 valence electrons. The molecule has 1 atom stereocenters. The lowest BCUT2D eigenvalue weighted by Gasteiger charge is -2.31. The Morgan fingerprint density at radius 1 is 1.50 bits per heavy atom. The number of pyridine rings is 1. The molecule has 0 saturated carbocycles. The number of amides is 2. The number of methoxy groups -OCH3 is 1. The zero-order chi connectivity index (χ0) is 15.9. The largest absolute Gasteiger partial charge is 0.383 e. The van der Waals surface area contributed by atoms with Crippen molar-refractivity contribution in [3.05, 3.63) is 29.6 Å². The smallest absolute Gasteiger partial charge is 0.269 e. The number of hydrogen-bond donors (Lipinski definition) is 1. The minimum Gasteiger partial charge on any atom is -0.383 e. The lowest BCUT2D eigenvalue weighted by Crippen LogP contribution is -2.39. The highest BCUT2D eigenvalue weighted by Crippen LogP contribution is 2.18. The van der Waals surface area contributed by atoms with Crippen molar-refractivity contribution in [3.8, 4) is 0 Å². The summed E-state index contributed by atoms with van der Waals surface area (Å²) >= 11 is 0. The summed E-state index contributed by atoms with van der Waals surface area (Å²) in [6, 6.07) is 3.22. The van der Waals surface area contributed by atoms with E-state index < -0.39 is 0 Å². The highest BCUT2D eigenvalue weighted by Gasteiger charge is 2.22. The molecule has 0 bridgehead atoms. The van der Waals surface area contributed by atoms with Crippen molar-refractivity contribution in [2.75, 3.05) is 33.4 Å². The molecule has 6 nitrogen and oxygen atoms in total. The Kier molecular flexibility index (Phi) is 5.89. The molecule has 1 fully saturated rings. The van der Waals surface area contributed by atoms with Gasteiger partial charge in [0, 0.05) is 38.5 Å². The Bertz CT molecular complexity index is 533. The van der Waals surface area contributed by atoms with Gasteiger partial charge in [-0.3, -0.25) is 14.6 Å². The summed E-state index contributed by atoms with van der Waals surface area (Å²) in [6.07, 6.45) is 3.70. The van der Waals surface area contributed by atoms with Crippen molar-refractivity contribution < 1.29 is 14.3 Å². The zero-order valence-corrected chi connectivity index (χ0v) is 13.2. The Labute approximate surface area is 130 Å². The van der Waals surface area contributed by atoms with Crippen LogP contribution in [0.5, 0.6) is 0 Å². The summed E-state index contributed by atoms with van der Waals surface area (Å²) in [5.74, 6) is 0.204. The van der Waals surface area contributed by atoms with Gasteiger partial charge in [0.1, 0.15) is 5.69 Å². The van der Waals surface area contributed by atoms with E-state index in [0.717, 1.165) is 25.9 Å². The van der Waals surface area contributed by atoms with Gasteiger partial charge in [0.2, 0.25) is 0 Å². The molecular formula is C16H23N3O3.